The summed E-state index contributed by atoms with van der Waals surface area (Å²) in [6.07, 6.45) is 0. The summed E-state index contributed by atoms with van der Waals surface area (Å²) in [7, 11) is -3.49. The zero-order valence-electron chi connectivity index (χ0n) is 11.1. The van der Waals surface area contributed by atoms with Crippen molar-refractivity contribution in [3.63, 3.8) is 0 Å². The Hall–Kier alpha value is -0.630. The average molecular weight is 308 g/mol. The highest BCUT2D eigenvalue weighted by Crippen LogP contribution is 2.24. The van der Waals surface area contributed by atoms with Crippen LogP contribution in [0.2, 0.25) is 0 Å². The molecule has 0 atom stereocenters. The predicted molar refractivity (Wildman–Crippen MR) is 72.0 cm³/mol. The molecule has 1 aliphatic rings. The molecule has 6 nitrogen and oxygen atoms in total. The lowest BCUT2D eigenvalue weighted by Crippen LogP contribution is -2.41. The van der Waals surface area contributed by atoms with Crippen LogP contribution in [0, 0.1) is 13.8 Å². The first-order valence-corrected chi connectivity index (χ1v) is 8.14. The van der Waals surface area contributed by atoms with E-state index in [1.54, 1.807) is 18.5 Å². The number of aryl methyl sites for hydroxylation is 2. The number of halogens is 1. The quantitative estimate of drug-likeness (QED) is 0.770. The number of aromatic nitrogens is 2. The van der Waals surface area contributed by atoms with Gasteiger partial charge in [-0.25, -0.2) is 8.42 Å². The lowest BCUT2D eigenvalue weighted by molar-refractivity contribution is 0.0730. The molecule has 0 unspecified atom stereocenters. The van der Waals surface area contributed by atoms with Crippen molar-refractivity contribution in [2.45, 2.75) is 25.3 Å². The summed E-state index contributed by atoms with van der Waals surface area (Å²) in [4.78, 5) is 0.305. The molecule has 0 N–H and O–H groups in total. The molecule has 0 aromatic carbocycles. The van der Waals surface area contributed by atoms with Crippen LogP contribution in [0.4, 0.5) is 0 Å². The van der Waals surface area contributed by atoms with Gasteiger partial charge in [-0.3, -0.25) is 4.68 Å². The number of nitrogens with zero attached hydrogens (tertiary/aromatic N) is 3. The molecule has 8 heteroatoms. The van der Waals surface area contributed by atoms with E-state index >= 15 is 0 Å². The minimum atomic E-state index is -3.49. The number of hydrogen-bond acceptors (Lipinski definition) is 4. The van der Waals surface area contributed by atoms with E-state index in [1.165, 1.54) is 4.31 Å². The summed E-state index contributed by atoms with van der Waals surface area (Å²) in [5.41, 5.74) is 1.17. The topological polar surface area (TPSA) is 64.4 Å². The van der Waals surface area contributed by atoms with Gasteiger partial charge in [-0.2, -0.15) is 9.40 Å². The lowest BCUT2D eigenvalue weighted by atomic mass is 10.4. The van der Waals surface area contributed by atoms with Crippen LogP contribution in [-0.4, -0.2) is 54.7 Å². The van der Waals surface area contributed by atoms with Crippen LogP contribution in [0.5, 0.6) is 0 Å². The van der Waals surface area contributed by atoms with Crippen LogP contribution >= 0.6 is 11.6 Å². The number of rotatable bonds is 4. The molecule has 19 heavy (non-hydrogen) atoms. The molecule has 108 valence electrons. The Labute approximate surface area is 118 Å². The Balaban J connectivity index is 2.39. The van der Waals surface area contributed by atoms with Crippen molar-refractivity contribution in [3.05, 3.63) is 11.4 Å². The SMILES string of the molecule is Cc1nn(CCCl)c(C)c1S(=O)(=O)N1CCOCC1. The molecule has 1 saturated heterocycles. The van der Waals surface area contributed by atoms with Crippen LogP contribution in [0.1, 0.15) is 11.4 Å². The second-order valence-corrected chi connectivity index (χ2v) is 6.68. The first kappa shape index (κ1) is 14.8. The third-order valence-electron chi connectivity index (χ3n) is 3.18. The standard InChI is InChI=1S/C11H18ClN3O3S/c1-9-11(10(2)15(13-9)4-3-12)19(16,17)14-5-7-18-8-6-14/h3-8H2,1-2H3. The van der Waals surface area contributed by atoms with Gasteiger partial charge in [0.05, 0.1) is 31.1 Å². The van der Waals surface area contributed by atoms with Gasteiger partial charge >= 0.3 is 0 Å². The highest BCUT2D eigenvalue weighted by Gasteiger charge is 2.31. The highest BCUT2D eigenvalue weighted by molar-refractivity contribution is 7.89. The zero-order chi connectivity index (χ0) is 14.0. The van der Waals surface area contributed by atoms with Gasteiger partial charge < -0.3 is 4.74 Å². The predicted octanol–water partition coefficient (Wildman–Crippen LogP) is 0.760. The second-order valence-electron chi connectivity index (χ2n) is 4.43. The van der Waals surface area contributed by atoms with Gasteiger partial charge in [0.2, 0.25) is 10.0 Å². The molecular formula is C11H18ClN3O3S. The third-order valence-corrected chi connectivity index (χ3v) is 5.50. The molecule has 2 heterocycles. The van der Waals surface area contributed by atoms with E-state index in [9.17, 15) is 8.42 Å². The number of morpholine rings is 1. The van der Waals surface area contributed by atoms with E-state index in [-0.39, 0.29) is 0 Å². The van der Waals surface area contributed by atoms with Crippen LogP contribution < -0.4 is 0 Å². The Morgan fingerprint density at radius 3 is 2.53 bits per heavy atom. The van der Waals surface area contributed by atoms with E-state index in [4.69, 9.17) is 16.3 Å². The fourth-order valence-electron chi connectivity index (χ4n) is 2.27. The molecule has 0 bridgehead atoms. The summed E-state index contributed by atoms with van der Waals surface area (Å²) in [6.45, 7) is 5.64. The molecule has 0 radical (unpaired) electrons. The van der Waals surface area contributed by atoms with Gasteiger partial charge in [0.15, 0.2) is 0 Å². The van der Waals surface area contributed by atoms with E-state index in [2.05, 4.69) is 5.10 Å². The Morgan fingerprint density at radius 2 is 1.95 bits per heavy atom. The number of sulfonamides is 1. The summed E-state index contributed by atoms with van der Waals surface area (Å²) < 4.78 is 33.6. The Morgan fingerprint density at radius 1 is 1.32 bits per heavy atom. The molecular weight excluding hydrogens is 290 g/mol. The van der Waals surface area contributed by atoms with E-state index in [1.807, 2.05) is 0 Å². The maximum atomic E-state index is 12.6. The van der Waals surface area contributed by atoms with Crippen molar-refractivity contribution in [1.82, 2.24) is 14.1 Å². The number of alkyl halides is 1. The Bertz CT molecular complexity index is 550. The van der Waals surface area contributed by atoms with Crippen molar-refractivity contribution in [3.8, 4) is 0 Å². The van der Waals surface area contributed by atoms with Crippen molar-refractivity contribution in [2.75, 3.05) is 32.2 Å². The molecule has 0 saturated carbocycles. The lowest BCUT2D eigenvalue weighted by Gasteiger charge is -2.26. The van der Waals surface area contributed by atoms with Crippen LogP contribution in [-0.2, 0) is 21.3 Å². The van der Waals surface area contributed by atoms with Gasteiger partial charge in [-0.1, -0.05) is 0 Å². The van der Waals surface area contributed by atoms with Gasteiger partial charge in [0.25, 0.3) is 0 Å². The van der Waals surface area contributed by atoms with Crippen molar-refractivity contribution in [1.29, 1.82) is 0 Å². The molecule has 1 aromatic heterocycles. The number of hydrogen-bond donors (Lipinski definition) is 0. The molecule has 1 aromatic rings. The molecule has 1 fully saturated rings. The highest BCUT2D eigenvalue weighted by atomic mass is 35.5. The molecule has 0 spiro atoms. The third kappa shape index (κ3) is 2.79. The molecule has 1 aliphatic heterocycles. The van der Waals surface area contributed by atoms with Gasteiger partial charge in [-0.15, -0.1) is 11.6 Å². The maximum Gasteiger partial charge on any atom is 0.246 e. The normalized spacial score (nSPS) is 17.8. The van der Waals surface area contributed by atoms with Crippen LogP contribution in [0.15, 0.2) is 4.90 Å². The molecule has 2 rings (SSSR count). The molecule has 0 amide bonds. The fraction of sp³-hybridized carbons (Fsp3) is 0.727. The summed E-state index contributed by atoms with van der Waals surface area (Å²) in [5.74, 6) is 0.402. The maximum absolute atomic E-state index is 12.6. The first-order chi connectivity index (χ1) is 8.98. The van der Waals surface area contributed by atoms with E-state index < -0.39 is 10.0 Å². The second kappa shape index (κ2) is 5.78. The van der Waals surface area contributed by atoms with Crippen molar-refractivity contribution < 1.29 is 13.2 Å². The largest absolute Gasteiger partial charge is 0.379 e. The summed E-state index contributed by atoms with van der Waals surface area (Å²) in [5, 5.41) is 4.26. The summed E-state index contributed by atoms with van der Waals surface area (Å²) in [6, 6.07) is 0. The van der Waals surface area contributed by atoms with Crippen molar-refractivity contribution >= 4 is 21.6 Å². The van der Waals surface area contributed by atoms with Gasteiger partial charge in [-0.05, 0) is 13.8 Å². The zero-order valence-corrected chi connectivity index (χ0v) is 12.7. The monoisotopic (exact) mass is 307 g/mol. The average Bonchev–Trinajstić information content (AvgIpc) is 2.66. The first-order valence-electron chi connectivity index (χ1n) is 6.16. The summed E-state index contributed by atoms with van der Waals surface area (Å²) >= 11 is 5.70. The van der Waals surface area contributed by atoms with Crippen LogP contribution in [0.25, 0.3) is 0 Å². The van der Waals surface area contributed by atoms with Crippen LogP contribution in [0.3, 0.4) is 0 Å². The van der Waals surface area contributed by atoms with Gasteiger partial charge in [0, 0.05) is 19.0 Å². The van der Waals surface area contributed by atoms with Crippen molar-refractivity contribution in [2.24, 2.45) is 0 Å². The fourth-order valence-corrected chi connectivity index (χ4v) is 4.21. The molecule has 0 aliphatic carbocycles. The Kier molecular flexibility index (Phi) is 4.50. The minimum Gasteiger partial charge on any atom is -0.379 e. The number of ether oxygens (including phenoxy) is 1. The van der Waals surface area contributed by atoms with E-state index in [0.29, 0.717) is 55.0 Å². The minimum absolute atomic E-state index is 0.305. The van der Waals surface area contributed by atoms with E-state index in [0.717, 1.165) is 0 Å². The smallest absolute Gasteiger partial charge is 0.246 e. The van der Waals surface area contributed by atoms with Gasteiger partial charge in [0.1, 0.15) is 4.90 Å².